The molecular formula is C21H27NO3. The van der Waals surface area contributed by atoms with Gasteiger partial charge in [0, 0.05) is 0 Å². The Morgan fingerprint density at radius 3 is 2.52 bits per heavy atom. The molecule has 134 valence electrons. The molecule has 0 unspecified atom stereocenters. The molecule has 0 atom stereocenters. The Kier molecular flexibility index (Phi) is 6.87. The van der Waals surface area contributed by atoms with E-state index >= 15 is 0 Å². The summed E-state index contributed by atoms with van der Waals surface area (Å²) in [6.07, 6.45) is 0. The van der Waals surface area contributed by atoms with Gasteiger partial charge in [0.1, 0.15) is 18.1 Å². The van der Waals surface area contributed by atoms with Crippen LogP contribution in [0, 0.1) is 13.8 Å². The molecule has 2 aromatic rings. The van der Waals surface area contributed by atoms with Crippen molar-refractivity contribution < 1.29 is 14.3 Å². The number of aryl methyl sites for hydroxylation is 2. The van der Waals surface area contributed by atoms with Crippen LogP contribution in [0.3, 0.4) is 0 Å². The van der Waals surface area contributed by atoms with E-state index in [1.807, 2.05) is 44.2 Å². The molecule has 0 spiro atoms. The molecule has 0 bridgehead atoms. The van der Waals surface area contributed by atoms with Gasteiger partial charge >= 0.3 is 0 Å². The molecule has 2 rings (SSSR count). The summed E-state index contributed by atoms with van der Waals surface area (Å²) in [6.45, 7) is 9.13. The van der Waals surface area contributed by atoms with Crippen molar-refractivity contribution in [3.8, 4) is 11.5 Å². The fourth-order valence-corrected chi connectivity index (χ4v) is 2.50. The maximum atomic E-state index is 12.0. The topological polar surface area (TPSA) is 47.6 Å². The second-order valence-electron chi connectivity index (χ2n) is 6.50. The Balaban J connectivity index is 1.75. The summed E-state index contributed by atoms with van der Waals surface area (Å²) in [6, 6.07) is 13.9. The predicted octanol–water partition coefficient (Wildman–Crippen LogP) is 4.00. The van der Waals surface area contributed by atoms with E-state index in [9.17, 15) is 4.79 Å². The summed E-state index contributed by atoms with van der Waals surface area (Å²) < 4.78 is 11.3. The first-order chi connectivity index (χ1) is 12.0. The zero-order valence-corrected chi connectivity index (χ0v) is 15.5. The van der Waals surface area contributed by atoms with Crippen LogP contribution >= 0.6 is 0 Å². The lowest BCUT2D eigenvalue weighted by Gasteiger charge is -2.15. The van der Waals surface area contributed by atoms with Crippen LogP contribution in [-0.2, 0) is 4.79 Å². The third kappa shape index (κ3) is 6.14. The fourth-order valence-electron chi connectivity index (χ4n) is 2.50. The highest BCUT2D eigenvalue weighted by Gasteiger charge is 2.10. The van der Waals surface area contributed by atoms with Gasteiger partial charge in [-0.05, 0) is 54.7 Å². The van der Waals surface area contributed by atoms with Gasteiger partial charge in [-0.2, -0.15) is 0 Å². The number of amides is 1. The van der Waals surface area contributed by atoms with Gasteiger partial charge in [0.2, 0.25) is 0 Å². The van der Waals surface area contributed by atoms with E-state index in [4.69, 9.17) is 9.47 Å². The smallest absolute Gasteiger partial charge is 0.258 e. The summed E-state index contributed by atoms with van der Waals surface area (Å²) >= 11 is 0. The summed E-state index contributed by atoms with van der Waals surface area (Å²) in [5, 5.41) is 2.81. The van der Waals surface area contributed by atoms with E-state index in [0.29, 0.717) is 19.1 Å². The third-order valence-electron chi connectivity index (χ3n) is 3.83. The largest absolute Gasteiger partial charge is 0.492 e. The molecule has 0 radical (unpaired) electrons. The maximum Gasteiger partial charge on any atom is 0.258 e. The molecule has 2 aromatic carbocycles. The van der Waals surface area contributed by atoms with Gasteiger partial charge < -0.3 is 14.8 Å². The Hall–Kier alpha value is -2.49. The number of nitrogens with one attached hydrogen (secondary N) is 1. The number of carbonyl (C=O) groups is 1. The molecule has 1 amide bonds. The molecule has 0 fully saturated rings. The summed E-state index contributed by atoms with van der Waals surface area (Å²) in [5.74, 6) is 1.79. The number of hydrogen-bond acceptors (Lipinski definition) is 3. The van der Waals surface area contributed by atoms with E-state index in [1.165, 1.54) is 0 Å². The monoisotopic (exact) mass is 341 g/mol. The van der Waals surface area contributed by atoms with Crippen molar-refractivity contribution >= 4 is 5.91 Å². The van der Waals surface area contributed by atoms with E-state index < -0.39 is 0 Å². The normalized spacial score (nSPS) is 10.6. The van der Waals surface area contributed by atoms with E-state index in [2.05, 4.69) is 31.3 Å². The van der Waals surface area contributed by atoms with Crippen LogP contribution in [0.15, 0.2) is 42.5 Å². The molecule has 0 aliphatic carbocycles. The minimum Gasteiger partial charge on any atom is -0.492 e. The number of carbonyl (C=O) groups excluding carboxylic acids is 1. The summed E-state index contributed by atoms with van der Waals surface area (Å²) in [7, 11) is 0. The summed E-state index contributed by atoms with van der Waals surface area (Å²) in [4.78, 5) is 12.0. The second kappa shape index (κ2) is 9.11. The Morgan fingerprint density at radius 2 is 1.80 bits per heavy atom. The van der Waals surface area contributed by atoms with Crippen LogP contribution in [0.4, 0.5) is 0 Å². The van der Waals surface area contributed by atoms with Gasteiger partial charge in [-0.15, -0.1) is 0 Å². The van der Waals surface area contributed by atoms with Crippen molar-refractivity contribution in [2.45, 2.75) is 33.6 Å². The molecule has 0 saturated carbocycles. The second-order valence-corrected chi connectivity index (χ2v) is 6.50. The Bertz CT molecular complexity index is 710. The molecule has 1 N–H and O–H groups in total. The minimum atomic E-state index is -0.149. The average Bonchev–Trinajstić information content (AvgIpc) is 2.57. The molecule has 0 heterocycles. The van der Waals surface area contributed by atoms with E-state index in [-0.39, 0.29) is 12.5 Å². The SMILES string of the molecule is Cc1cccc(OCCNC(=O)COc2cc(C)ccc2C(C)C)c1. The van der Waals surface area contributed by atoms with Crippen LogP contribution in [0.25, 0.3) is 0 Å². The zero-order valence-electron chi connectivity index (χ0n) is 15.5. The van der Waals surface area contributed by atoms with Crippen molar-refractivity contribution in [2.24, 2.45) is 0 Å². The molecule has 4 nitrogen and oxygen atoms in total. The van der Waals surface area contributed by atoms with Crippen molar-refractivity contribution in [2.75, 3.05) is 19.8 Å². The van der Waals surface area contributed by atoms with Gasteiger partial charge in [-0.1, -0.05) is 38.1 Å². The first kappa shape index (κ1) is 18.8. The molecule has 25 heavy (non-hydrogen) atoms. The summed E-state index contributed by atoms with van der Waals surface area (Å²) in [5.41, 5.74) is 3.38. The maximum absolute atomic E-state index is 12.0. The van der Waals surface area contributed by atoms with Crippen molar-refractivity contribution in [3.05, 3.63) is 59.2 Å². The lowest BCUT2D eigenvalue weighted by atomic mass is 10.0. The highest BCUT2D eigenvalue weighted by atomic mass is 16.5. The Labute approximate surface area is 150 Å². The number of hydrogen-bond donors (Lipinski definition) is 1. The first-order valence-electron chi connectivity index (χ1n) is 8.65. The highest BCUT2D eigenvalue weighted by Crippen LogP contribution is 2.27. The van der Waals surface area contributed by atoms with Crippen LogP contribution < -0.4 is 14.8 Å². The molecule has 0 aliphatic heterocycles. The molecule has 0 saturated heterocycles. The fraction of sp³-hybridized carbons (Fsp3) is 0.381. The van der Waals surface area contributed by atoms with Crippen molar-refractivity contribution in [1.29, 1.82) is 0 Å². The zero-order chi connectivity index (χ0) is 18.2. The number of rotatable bonds is 8. The van der Waals surface area contributed by atoms with Crippen LogP contribution in [-0.4, -0.2) is 25.7 Å². The van der Waals surface area contributed by atoms with Gasteiger partial charge in [-0.3, -0.25) is 4.79 Å². The quantitative estimate of drug-likeness (QED) is 0.738. The van der Waals surface area contributed by atoms with Gasteiger partial charge in [0.25, 0.3) is 5.91 Å². The first-order valence-corrected chi connectivity index (χ1v) is 8.65. The standard InChI is InChI=1S/C21H27NO3/c1-15(2)19-9-8-17(4)13-20(19)25-14-21(23)22-10-11-24-18-7-5-6-16(3)12-18/h5-9,12-13,15H,10-11,14H2,1-4H3,(H,22,23). The number of benzene rings is 2. The molecule has 0 aromatic heterocycles. The van der Waals surface area contributed by atoms with Gasteiger partial charge in [-0.25, -0.2) is 0 Å². The van der Waals surface area contributed by atoms with Gasteiger partial charge in [0.05, 0.1) is 6.54 Å². The predicted molar refractivity (Wildman–Crippen MR) is 100 cm³/mol. The Morgan fingerprint density at radius 1 is 1.04 bits per heavy atom. The van der Waals surface area contributed by atoms with Crippen LogP contribution in [0.2, 0.25) is 0 Å². The third-order valence-corrected chi connectivity index (χ3v) is 3.83. The van der Waals surface area contributed by atoms with Crippen LogP contribution in [0.5, 0.6) is 11.5 Å². The van der Waals surface area contributed by atoms with Crippen molar-refractivity contribution in [1.82, 2.24) is 5.32 Å². The lowest BCUT2D eigenvalue weighted by Crippen LogP contribution is -2.32. The molecular weight excluding hydrogens is 314 g/mol. The minimum absolute atomic E-state index is 0.00756. The highest BCUT2D eigenvalue weighted by molar-refractivity contribution is 5.77. The molecule has 4 heteroatoms. The lowest BCUT2D eigenvalue weighted by molar-refractivity contribution is -0.123. The van der Waals surface area contributed by atoms with Crippen molar-refractivity contribution in [3.63, 3.8) is 0 Å². The van der Waals surface area contributed by atoms with Crippen LogP contribution in [0.1, 0.15) is 36.5 Å². The average molecular weight is 341 g/mol. The van der Waals surface area contributed by atoms with Gasteiger partial charge in [0.15, 0.2) is 6.61 Å². The van der Waals surface area contributed by atoms with E-state index in [1.54, 1.807) is 0 Å². The van der Waals surface area contributed by atoms with E-state index in [0.717, 1.165) is 28.2 Å². The molecule has 0 aliphatic rings. The number of ether oxygens (including phenoxy) is 2.